The van der Waals surface area contributed by atoms with Gasteiger partial charge in [0.05, 0.1) is 31.8 Å². The number of hydrogen-bond acceptors (Lipinski definition) is 5. The Morgan fingerprint density at radius 3 is 1.98 bits per heavy atom. The second kappa shape index (κ2) is 14.2. The summed E-state index contributed by atoms with van der Waals surface area (Å²) >= 11 is 9.71. The average Bonchev–Trinajstić information content (AvgIpc) is 3.28. The highest BCUT2D eigenvalue weighted by atomic mass is 127. The van der Waals surface area contributed by atoms with Gasteiger partial charge in [0, 0.05) is 15.6 Å². The minimum Gasteiger partial charge on any atom is -0.492 e. The van der Waals surface area contributed by atoms with E-state index in [2.05, 4.69) is 96.4 Å². The fraction of sp³-hybridized carbons (Fsp3) is 0.588. The van der Waals surface area contributed by atoms with E-state index >= 15 is 0 Å². The van der Waals surface area contributed by atoms with Gasteiger partial charge in [-0.05, 0) is 82.5 Å². The Kier molecular flexibility index (Phi) is 12.0. The van der Waals surface area contributed by atoms with Crippen molar-refractivity contribution in [2.75, 3.05) is 14.2 Å². The van der Waals surface area contributed by atoms with E-state index in [0.717, 1.165) is 26.7 Å². The van der Waals surface area contributed by atoms with Crippen molar-refractivity contribution in [3.05, 3.63) is 62.7 Å². The van der Waals surface area contributed by atoms with Crippen molar-refractivity contribution in [2.24, 2.45) is 0 Å². The number of rotatable bonds is 12. The first-order valence-corrected chi connectivity index (χ1v) is 22.5. The third kappa shape index (κ3) is 8.82. The van der Waals surface area contributed by atoms with Crippen molar-refractivity contribution < 1.29 is 23.1 Å². The Bertz CT molecular complexity index is 1270. The van der Waals surface area contributed by atoms with Crippen molar-refractivity contribution >= 4 is 50.8 Å². The van der Waals surface area contributed by atoms with Crippen LogP contribution in [-0.2, 0) is 21.9 Å². The van der Waals surface area contributed by atoms with Crippen molar-refractivity contribution in [3.63, 3.8) is 0 Å². The summed E-state index contributed by atoms with van der Waals surface area (Å²) in [6.07, 6.45) is 3.51. The molecule has 0 amide bonds. The Balaban J connectivity index is 1.95. The lowest BCUT2D eigenvalue weighted by atomic mass is 10.0. The van der Waals surface area contributed by atoms with Crippen LogP contribution >= 0.6 is 34.2 Å². The van der Waals surface area contributed by atoms with E-state index in [0.29, 0.717) is 30.3 Å². The van der Waals surface area contributed by atoms with Crippen LogP contribution in [0.15, 0.2) is 48.0 Å². The minimum absolute atomic E-state index is 0.0174. The molecule has 240 valence electrons. The molecule has 43 heavy (non-hydrogen) atoms. The third-order valence-corrected chi connectivity index (χ3v) is 19.7. The second-order valence-electron chi connectivity index (χ2n) is 14.5. The van der Waals surface area contributed by atoms with Gasteiger partial charge in [0.15, 0.2) is 28.1 Å². The van der Waals surface area contributed by atoms with E-state index in [1.807, 2.05) is 36.4 Å². The molecule has 5 nitrogen and oxygen atoms in total. The van der Waals surface area contributed by atoms with Gasteiger partial charge in [-0.15, -0.1) is 11.6 Å². The van der Waals surface area contributed by atoms with Gasteiger partial charge in [0.1, 0.15) is 6.61 Å². The summed E-state index contributed by atoms with van der Waals surface area (Å²) in [7, 11) is -0.745. The number of alkyl halides is 1. The molecule has 1 aliphatic rings. The lowest BCUT2D eigenvalue weighted by Crippen LogP contribution is -2.46. The molecule has 0 aliphatic heterocycles. The van der Waals surface area contributed by atoms with Crippen LogP contribution < -0.4 is 14.2 Å². The van der Waals surface area contributed by atoms with Gasteiger partial charge >= 0.3 is 0 Å². The molecule has 2 aromatic rings. The standard InChI is InChI=1S/C34H52ClIO5Si2/c1-33(2,3)42(9,10)40-24-18-25(29(19-24)41-43(11,12)34(4,5)6)27(35)20-26-28(36)21-30(32(38-8)31(26)37-7)39-22-23-16-14-13-15-17-23/h13-18,21,24,27,29H,19-20,22H2,1-12H3/t24-,27-,29-/m0/s1. The number of benzene rings is 2. The largest absolute Gasteiger partial charge is 0.492 e. The first-order chi connectivity index (χ1) is 19.8. The van der Waals surface area contributed by atoms with Crippen LogP contribution in [0, 0.1) is 3.57 Å². The highest BCUT2D eigenvalue weighted by Crippen LogP contribution is 2.47. The smallest absolute Gasteiger partial charge is 0.203 e. The lowest BCUT2D eigenvalue weighted by Gasteiger charge is -2.40. The van der Waals surface area contributed by atoms with Gasteiger partial charge in [0.25, 0.3) is 0 Å². The molecule has 2 aromatic carbocycles. The second-order valence-corrected chi connectivity index (χ2v) is 25.7. The maximum Gasteiger partial charge on any atom is 0.203 e. The first kappa shape index (κ1) is 36.4. The van der Waals surface area contributed by atoms with Crippen molar-refractivity contribution in [1.29, 1.82) is 0 Å². The van der Waals surface area contributed by atoms with E-state index in [-0.39, 0.29) is 27.7 Å². The Morgan fingerprint density at radius 2 is 1.44 bits per heavy atom. The molecule has 0 aromatic heterocycles. The van der Waals surface area contributed by atoms with Crippen molar-refractivity contribution in [3.8, 4) is 17.2 Å². The highest BCUT2D eigenvalue weighted by molar-refractivity contribution is 14.1. The van der Waals surface area contributed by atoms with E-state index in [4.69, 9.17) is 34.7 Å². The Morgan fingerprint density at radius 1 is 0.884 bits per heavy atom. The quantitative estimate of drug-likeness (QED) is 0.0934. The third-order valence-electron chi connectivity index (χ3n) is 9.33. The summed E-state index contributed by atoms with van der Waals surface area (Å²) in [4.78, 5) is 0. The Hall–Kier alpha value is -1.05. The number of hydrogen-bond donors (Lipinski definition) is 0. The van der Waals surface area contributed by atoms with Gasteiger partial charge < -0.3 is 23.1 Å². The number of ether oxygens (including phenoxy) is 3. The number of methoxy groups -OCH3 is 2. The average molecular weight is 759 g/mol. The summed E-state index contributed by atoms with van der Waals surface area (Å²) in [6.45, 7) is 23.3. The van der Waals surface area contributed by atoms with Crippen LogP contribution in [0.5, 0.6) is 17.2 Å². The molecular weight excluding hydrogens is 707 g/mol. The van der Waals surface area contributed by atoms with Crippen LogP contribution in [0.4, 0.5) is 0 Å². The highest BCUT2D eigenvalue weighted by Gasteiger charge is 2.45. The van der Waals surface area contributed by atoms with Gasteiger partial charge in [-0.1, -0.05) is 78.0 Å². The predicted molar refractivity (Wildman–Crippen MR) is 193 cm³/mol. The number of halogens is 2. The summed E-state index contributed by atoms with van der Waals surface area (Å²) in [6, 6.07) is 12.1. The van der Waals surface area contributed by atoms with Crippen LogP contribution in [0.3, 0.4) is 0 Å². The van der Waals surface area contributed by atoms with E-state index in [9.17, 15) is 0 Å². The van der Waals surface area contributed by atoms with Crippen LogP contribution in [-0.4, -0.2) is 48.4 Å². The fourth-order valence-electron chi connectivity index (χ4n) is 4.69. The molecule has 0 radical (unpaired) electrons. The predicted octanol–water partition coefficient (Wildman–Crippen LogP) is 10.1. The fourth-order valence-corrected chi connectivity index (χ4v) is 8.38. The zero-order valence-corrected chi connectivity index (χ0v) is 33.1. The summed E-state index contributed by atoms with van der Waals surface area (Å²) < 4.78 is 32.9. The summed E-state index contributed by atoms with van der Waals surface area (Å²) in [5, 5.41) is -0.102. The molecule has 0 spiro atoms. The van der Waals surface area contributed by atoms with Gasteiger partial charge in [-0.25, -0.2) is 0 Å². The topological polar surface area (TPSA) is 46.2 Å². The molecule has 3 atom stereocenters. The van der Waals surface area contributed by atoms with Gasteiger partial charge in [-0.3, -0.25) is 0 Å². The molecule has 1 aliphatic carbocycles. The van der Waals surface area contributed by atoms with Crippen LogP contribution in [0.25, 0.3) is 0 Å². The van der Waals surface area contributed by atoms with Gasteiger partial charge in [0.2, 0.25) is 5.75 Å². The molecule has 0 fully saturated rings. The monoisotopic (exact) mass is 758 g/mol. The first-order valence-electron chi connectivity index (χ1n) is 15.1. The van der Waals surface area contributed by atoms with Crippen LogP contribution in [0.1, 0.15) is 59.1 Å². The molecule has 9 heteroatoms. The molecule has 0 saturated heterocycles. The maximum absolute atomic E-state index is 7.36. The minimum atomic E-state index is -2.07. The molecule has 0 N–H and O–H groups in total. The maximum atomic E-state index is 7.36. The van der Waals surface area contributed by atoms with E-state index < -0.39 is 16.6 Å². The zero-order valence-electron chi connectivity index (χ0n) is 28.2. The van der Waals surface area contributed by atoms with Crippen molar-refractivity contribution in [2.45, 2.75) is 115 Å². The summed E-state index contributed by atoms with van der Waals surface area (Å²) in [5.41, 5.74) is 3.18. The SMILES string of the molecule is COc1c(OCc2ccccc2)cc(I)c(C[C@H](Cl)C2=C[C@H](O[Si](C)(C)C(C)(C)C)C[C@@H]2O[Si](C)(C)C(C)(C)C)c1OC. The van der Waals surface area contributed by atoms with Gasteiger partial charge in [-0.2, -0.15) is 0 Å². The van der Waals surface area contributed by atoms with Crippen molar-refractivity contribution in [1.82, 2.24) is 0 Å². The molecular formula is C34H52ClIO5Si2. The molecule has 0 unspecified atom stereocenters. The van der Waals surface area contributed by atoms with Crippen LogP contribution in [0.2, 0.25) is 36.3 Å². The Labute approximate surface area is 281 Å². The molecule has 0 saturated carbocycles. The lowest BCUT2D eigenvalue weighted by molar-refractivity contribution is 0.154. The normalized spacial score (nSPS) is 18.8. The van der Waals surface area contributed by atoms with E-state index in [1.54, 1.807) is 14.2 Å². The molecule has 0 bridgehead atoms. The summed E-state index contributed by atoms with van der Waals surface area (Å²) in [5.74, 6) is 1.87. The zero-order chi connectivity index (χ0) is 32.4. The molecule has 0 heterocycles. The van der Waals surface area contributed by atoms with E-state index in [1.165, 1.54) is 0 Å². The molecule has 3 rings (SSSR count).